The van der Waals surface area contributed by atoms with Crippen molar-refractivity contribution in [1.29, 1.82) is 0 Å². The molecule has 0 radical (unpaired) electrons. The van der Waals surface area contributed by atoms with Crippen LogP contribution in [0.3, 0.4) is 0 Å². The number of hydrogen-bond acceptors (Lipinski definition) is 5. The Morgan fingerprint density at radius 1 is 1.24 bits per heavy atom. The van der Waals surface area contributed by atoms with E-state index in [1.807, 2.05) is 52.7 Å². The summed E-state index contributed by atoms with van der Waals surface area (Å²) in [6, 6.07) is 13.9. The third-order valence-corrected chi connectivity index (χ3v) is 8.45. The average Bonchev–Trinajstić information content (AvgIpc) is 3.53. The summed E-state index contributed by atoms with van der Waals surface area (Å²) in [6.07, 6.45) is 7.66. The Morgan fingerprint density at radius 2 is 2.06 bits per heavy atom. The van der Waals surface area contributed by atoms with Crippen LogP contribution in [0.15, 0.2) is 60.1 Å². The number of thiophene rings is 1. The number of amides is 1. The van der Waals surface area contributed by atoms with Crippen molar-refractivity contribution < 1.29 is 13.2 Å². The van der Waals surface area contributed by atoms with Gasteiger partial charge in [0.05, 0.1) is 22.9 Å². The minimum Gasteiger partial charge on any atom is -0.335 e. The van der Waals surface area contributed by atoms with Gasteiger partial charge in [-0.15, -0.1) is 11.3 Å². The van der Waals surface area contributed by atoms with Crippen molar-refractivity contribution in [3.05, 3.63) is 71.2 Å². The zero-order valence-electron chi connectivity index (χ0n) is 18.8. The van der Waals surface area contributed by atoms with Gasteiger partial charge in [-0.2, -0.15) is 5.10 Å². The topological polar surface area (TPSA) is 72.3 Å². The number of aromatic nitrogens is 2. The molecule has 6 nitrogen and oxygen atoms in total. The molecule has 2 aromatic heterocycles. The number of hydrogen-bond donors (Lipinski definition) is 0. The van der Waals surface area contributed by atoms with Crippen molar-refractivity contribution in [1.82, 2.24) is 14.7 Å². The van der Waals surface area contributed by atoms with Crippen LogP contribution in [-0.2, 0) is 21.2 Å². The lowest BCUT2D eigenvalue weighted by Gasteiger charge is -2.27. The van der Waals surface area contributed by atoms with E-state index in [9.17, 15) is 13.2 Å². The van der Waals surface area contributed by atoms with Gasteiger partial charge in [0, 0.05) is 30.4 Å². The van der Waals surface area contributed by atoms with Crippen molar-refractivity contribution in [3.63, 3.8) is 0 Å². The minimum atomic E-state index is -3.06. The number of sulfone groups is 1. The zero-order valence-corrected chi connectivity index (χ0v) is 20.4. The van der Waals surface area contributed by atoms with Crippen molar-refractivity contribution in [2.45, 2.75) is 38.8 Å². The predicted molar refractivity (Wildman–Crippen MR) is 134 cm³/mol. The Balaban J connectivity index is 1.58. The third-order valence-electron chi connectivity index (χ3n) is 5.82. The van der Waals surface area contributed by atoms with Crippen LogP contribution in [0.5, 0.6) is 0 Å². The van der Waals surface area contributed by atoms with E-state index in [1.165, 1.54) is 0 Å². The Bertz CT molecular complexity index is 1200. The fourth-order valence-electron chi connectivity index (χ4n) is 4.09. The summed E-state index contributed by atoms with van der Waals surface area (Å²) in [5, 5.41) is 6.80. The summed E-state index contributed by atoms with van der Waals surface area (Å²) in [5.74, 6) is 0.0798. The van der Waals surface area contributed by atoms with E-state index in [2.05, 4.69) is 19.1 Å². The minimum absolute atomic E-state index is 0.0613. The highest BCUT2D eigenvalue weighted by atomic mass is 32.2. The summed E-state index contributed by atoms with van der Waals surface area (Å²) < 4.78 is 25.9. The van der Waals surface area contributed by atoms with Gasteiger partial charge in [-0.25, -0.2) is 8.42 Å². The number of carbonyl (C=O) groups is 1. The highest BCUT2D eigenvalue weighted by Gasteiger charge is 2.33. The first kappa shape index (κ1) is 23.4. The van der Waals surface area contributed by atoms with Gasteiger partial charge in [0.2, 0.25) is 5.91 Å². The lowest BCUT2D eigenvalue weighted by molar-refractivity contribution is -0.127. The molecule has 1 fully saturated rings. The van der Waals surface area contributed by atoms with Crippen LogP contribution in [0.1, 0.15) is 37.3 Å². The third kappa shape index (κ3) is 6.00. The molecule has 1 unspecified atom stereocenters. The second-order valence-corrected chi connectivity index (χ2v) is 11.5. The van der Waals surface area contributed by atoms with E-state index in [1.54, 1.807) is 22.3 Å². The molecular weight excluding hydrogens is 454 g/mol. The lowest BCUT2D eigenvalue weighted by Crippen LogP contribution is -2.40. The summed E-state index contributed by atoms with van der Waals surface area (Å²) >= 11 is 1.61. The maximum Gasteiger partial charge on any atom is 0.246 e. The molecule has 1 aliphatic heterocycles. The summed E-state index contributed by atoms with van der Waals surface area (Å²) in [5.41, 5.74) is 2.86. The summed E-state index contributed by atoms with van der Waals surface area (Å²) in [6.45, 7) is 3.28. The van der Waals surface area contributed by atoms with E-state index in [-0.39, 0.29) is 23.5 Å². The van der Waals surface area contributed by atoms with Crippen LogP contribution in [0.4, 0.5) is 0 Å². The van der Waals surface area contributed by atoms with Gasteiger partial charge < -0.3 is 4.90 Å². The summed E-state index contributed by atoms with van der Waals surface area (Å²) in [4.78, 5) is 15.9. The molecule has 0 aliphatic carbocycles. The molecule has 33 heavy (non-hydrogen) atoms. The normalized spacial score (nSPS) is 17.5. The number of rotatable bonds is 9. The molecule has 0 N–H and O–H groups in total. The molecule has 0 saturated carbocycles. The quantitative estimate of drug-likeness (QED) is 0.421. The molecule has 1 aliphatic rings. The van der Waals surface area contributed by atoms with E-state index in [0.29, 0.717) is 19.5 Å². The van der Waals surface area contributed by atoms with Gasteiger partial charge in [-0.05, 0) is 35.9 Å². The predicted octanol–water partition coefficient (Wildman–Crippen LogP) is 4.49. The van der Waals surface area contributed by atoms with Crippen molar-refractivity contribution in [2.75, 3.05) is 18.1 Å². The van der Waals surface area contributed by atoms with Crippen LogP contribution in [0.25, 0.3) is 16.6 Å². The average molecular weight is 484 g/mol. The largest absolute Gasteiger partial charge is 0.335 e. The van der Waals surface area contributed by atoms with E-state index >= 15 is 0 Å². The first-order valence-corrected chi connectivity index (χ1v) is 14.0. The fourth-order valence-corrected chi connectivity index (χ4v) is 6.56. The number of carbonyl (C=O) groups excluding carboxylic acids is 1. The first-order valence-electron chi connectivity index (χ1n) is 11.3. The maximum absolute atomic E-state index is 13.1. The summed E-state index contributed by atoms with van der Waals surface area (Å²) in [7, 11) is -3.06. The van der Waals surface area contributed by atoms with E-state index < -0.39 is 9.84 Å². The van der Waals surface area contributed by atoms with E-state index in [0.717, 1.165) is 34.5 Å². The monoisotopic (exact) mass is 483 g/mol. The Morgan fingerprint density at radius 3 is 2.73 bits per heavy atom. The van der Waals surface area contributed by atoms with Gasteiger partial charge in [0.15, 0.2) is 9.84 Å². The lowest BCUT2D eigenvalue weighted by atomic mass is 10.1. The highest BCUT2D eigenvalue weighted by Crippen LogP contribution is 2.28. The zero-order chi connectivity index (χ0) is 23.3. The molecule has 174 valence electrons. The van der Waals surface area contributed by atoms with Crippen LogP contribution in [0.2, 0.25) is 0 Å². The number of unbranched alkanes of at least 4 members (excludes halogenated alkanes) is 1. The van der Waals surface area contributed by atoms with E-state index in [4.69, 9.17) is 5.10 Å². The van der Waals surface area contributed by atoms with Crippen LogP contribution < -0.4 is 0 Å². The van der Waals surface area contributed by atoms with Gasteiger partial charge in [-0.3, -0.25) is 9.48 Å². The molecule has 8 heteroatoms. The van der Waals surface area contributed by atoms with Crippen LogP contribution >= 0.6 is 11.3 Å². The first-order chi connectivity index (χ1) is 15.9. The standard InChI is InChI=1S/C25H29N3O3S2/c1-2-3-14-28(22-13-16-33(30,31)19-22)24(29)12-11-21-18-27(17-20-8-5-4-6-9-20)26-25(21)23-10-7-15-32-23/h4-12,15,18,22H,2-3,13-14,16-17,19H2,1H3/b12-11+. The molecule has 1 aromatic carbocycles. The Kier molecular flexibility index (Phi) is 7.45. The molecule has 0 spiro atoms. The van der Waals surface area contributed by atoms with Gasteiger partial charge in [0.25, 0.3) is 0 Å². The Labute approximate surface area is 199 Å². The van der Waals surface area contributed by atoms with Crippen LogP contribution in [-0.4, -0.2) is 53.1 Å². The Hall–Kier alpha value is -2.71. The van der Waals surface area contributed by atoms with Crippen LogP contribution in [0, 0.1) is 0 Å². The molecule has 1 atom stereocenters. The second kappa shape index (κ2) is 10.5. The fraction of sp³-hybridized carbons (Fsp3) is 0.360. The second-order valence-electron chi connectivity index (χ2n) is 8.37. The molecule has 1 saturated heterocycles. The highest BCUT2D eigenvalue weighted by molar-refractivity contribution is 7.91. The molecule has 3 heterocycles. The molecular formula is C25H29N3O3S2. The molecule has 0 bridgehead atoms. The van der Waals surface area contributed by atoms with Gasteiger partial charge >= 0.3 is 0 Å². The van der Waals surface area contributed by atoms with Gasteiger partial charge in [-0.1, -0.05) is 49.7 Å². The van der Waals surface area contributed by atoms with Crippen molar-refractivity contribution in [2.24, 2.45) is 0 Å². The molecule has 1 amide bonds. The smallest absolute Gasteiger partial charge is 0.246 e. The van der Waals surface area contributed by atoms with Gasteiger partial charge in [0.1, 0.15) is 5.69 Å². The SMILES string of the molecule is CCCCN(C(=O)/C=C/c1cn(Cc2ccccc2)nc1-c1cccs1)C1CCS(=O)(=O)C1. The molecule has 3 aromatic rings. The number of benzene rings is 1. The number of nitrogens with zero attached hydrogens (tertiary/aromatic N) is 3. The van der Waals surface area contributed by atoms with Crippen molar-refractivity contribution in [3.8, 4) is 10.6 Å². The maximum atomic E-state index is 13.1. The molecule has 4 rings (SSSR count). The van der Waals surface area contributed by atoms with Crippen molar-refractivity contribution >= 4 is 33.2 Å².